The Kier molecular flexibility index (Phi) is 7.13. The van der Waals surface area contributed by atoms with Gasteiger partial charge in [-0.3, -0.25) is 4.79 Å². The summed E-state index contributed by atoms with van der Waals surface area (Å²) in [6.45, 7) is 5.56. The molecule has 1 aromatic carbocycles. The number of hydrogen-bond acceptors (Lipinski definition) is 5. The number of aryl methyl sites for hydroxylation is 1. The highest BCUT2D eigenvalue weighted by atomic mass is 32.2. The lowest BCUT2D eigenvalue weighted by Gasteiger charge is -2.19. The molecule has 0 aliphatic heterocycles. The van der Waals surface area contributed by atoms with Gasteiger partial charge in [0.15, 0.2) is 0 Å². The summed E-state index contributed by atoms with van der Waals surface area (Å²) in [6, 6.07) is 3.56. The lowest BCUT2D eigenvalue weighted by atomic mass is 10.0. The molecule has 0 unspecified atom stereocenters. The first-order chi connectivity index (χ1) is 11.5. The zero-order chi connectivity index (χ0) is 19.4. The van der Waals surface area contributed by atoms with Crippen LogP contribution in [0.1, 0.15) is 36.2 Å². The minimum Gasteiger partial charge on any atom is -0.467 e. The number of nitrogens with zero attached hydrogens (tertiary/aromatic N) is 1. The van der Waals surface area contributed by atoms with Crippen LogP contribution in [0.4, 0.5) is 0 Å². The molecule has 0 heterocycles. The molecule has 0 radical (unpaired) electrons. The van der Waals surface area contributed by atoms with Gasteiger partial charge >= 0.3 is 5.97 Å². The van der Waals surface area contributed by atoms with Gasteiger partial charge in [-0.05, 0) is 37.0 Å². The molecule has 25 heavy (non-hydrogen) atoms. The van der Waals surface area contributed by atoms with Crippen molar-refractivity contribution in [1.82, 2.24) is 9.62 Å². The smallest absolute Gasteiger partial charge is 0.328 e. The number of sulfonamides is 1. The van der Waals surface area contributed by atoms with E-state index in [0.717, 1.165) is 4.31 Å². The second kappa shape index (κ2) is 8.44. The zero-order valence-corrected chi connectivity index (χ0v) is 16.3. The number of benzene rings is 1. The van der Waals surface area contributed by atoms with E-state index in [1.165, 1.54) is 33.3 Å². The molecule has 0 aromatic heterocycles. The molecule has 7 nitrogen and oxygen atoms in total. The molecule has 0 fully saturated rings. The number of ether oxygens (including phenoxy) is 1. The van der Waals surface area contributed by atoms with Crippen molar-refractivity contribution in [2.75, 3.05) is 21.2 Å². The van der Waals surface area contributed by atoms with Gasteiger partial charge in [-0.2, -0.15) is 0 Å². The average Bonchev–Trinajstić information content (AvgIpc) is 2.52. The van der Waals surface area contributed by atoms with Gasteiger partial charge in [-0.25, -0.2) is 17.5 Å². The van der Waals surface area contributed by atoms with E-state index in [0.29, 0.717) is 12.0 Å². The molecule has 0 aliphatic carbocycles. The van der Waals surface area contributed by atoms with Gasteiger partial charge in [-0.1, -0.05) is 19.9 Å². The molecule has 0 bridgehead atoms. The third kappa shape index (κ3) is 5.27. The van der Waals surface area contributed by atoms with E-state index < -0.39 is 27.9 Å². The van der Waals surface area contributed by atoms with Gasteiger partial charge in [0.25, 0.3) is 5.91 Å². The standard InChI is InChI=1S/C17H26N2O5S/c1-11(2)9-15(17(21)24-6)18-16(20)14-10-13(8-7-12(14)3)25(22,23)19(4)5/h7-8,10-11,15H,9H2,1-6H3,(H,18,20)/t15-/m0/s1. The van der Waals surface area contributed by atoms with Crippen LogP contribution in [-0.2, 0) is 19.6 Å². The van der Waals surface area contributed by atoms with Crippen molar-refractivity contribution in [2.45, 2.75) is 38.1 Å². The normalized spacial score (nSPS) is 13.0. The number of esters is 1. The quantitative estimate of drug-likeness (QED) is 0.735. The lowest BCUT2D eigenvalue weighted by Crippen LogP contribution is -2.42. The Morgan fingerprint density at radius 1 is 1.24 bits per heavy atom. The molecule has 0 spiro atoms. The summed E-state index contributed by atoms with van der Waals surface area (Å²) >= 11 is 0. The van der Waals surface area contributed by atoms with Crippen molar-refractivity contribution in [3.05, 3.63) is 29.3 Å². The maximum absolute atomic E-state index is 12.6. The molecule has 1 N–H and O–H groups in total. The number of nitrogens with one attached hydrogen (secondary N) is 1. The highest BCUT2D eigenvalue weighted by Crippen LogP contribution is 2.18. The number of carbonyl (C=O) groups is 2. The maximum atomic E-state index is 12.6. The van der Waals surface area contributed by atoms with Crippen LogP contribution in [0.2, 0.25) is 0 Å². The van der Waals surface area contributed by atoms with E-state index in [4.69, 9.17) is 4.74 Å². The van der Waals surface area contributed by atoms with E-state index in [9.17, 15) is 18.0 Å². The lowest BCUT2D eigenvalue weighted by molar-refractivity contribution is -0.143. The predicted octanol–water partition coefficient (Wildman–Crippen LogP) is 1.56. The molecule has 140 valence electrons. The Hall–Kier alpha value is -1.93. The van der Waals surface area contributed by atoms with Crippen LogP contribution in [0.3, 0.4) is 0 Å². The number of amides is 1. The van der Waals surface area contributed by atoms with Crippen LogP contribution in [0.15, 0.2) is 23.1 Å². The molecular weight excluding hydrogens is 344 g/mol. The van der Waals surface area contributed by atoms with Crippen molar-refractivity contribution < 1.29 is 22.7 Å². The number of hydrogen-bond donors (Lipinski definition) is 1. The largest absolute Gasteiger partial charge is 0.467 e. The Bertz CT molecular complexity index is 741. The van der Waals surface area contributed by atoms with Crippen molar-refractivity contribution in [3.8, 4) is 0 Å². The van der Waals surface area contributed by atoms with E-state index >= 15 is 0 Å². The van der Waals surface area contributed by atoms with Crippen molar-refractivity contribution in [1.29, 1.82) is 0 Å². The second-order valence-corrected chi connectivity index (χ2v) is 8.59. The second-order valence-electron chi connectivity index (χ2n) is 6.44. The summed E-state index contributed by atoms with van der Waals surface area (Å²) in [4.78, 5) is 24.5. The first-order valence-corrected chi connectivity index (χ1v) is 9.36. The van der Waals surface area contributed by atoms with Gasteiger partial charge in [-0.15, -0.1) is 0 Å². The Balaban J connectivity index is 3.18. The van der Waals surface area contributed by atoms with E-state index in [-0.39, 0.29) is 16.4 Å². The van der Waals surface area contributed by atoms with E-state index in [1.807, 2.05) is 13.8 Å². The third-order valence-corrected chi connectivity index (χ3v) is 5.54. The monoisotopic (exact) mass is 370 g/mol. The first-order valence-electron chi connectivity index (χ1n) is 7.92. The number of methoxy groups -OCH3 is 1. The van der Waals surface area contributed by atoms with Crippen molar-refractivity contribution in [3.63, 3.8) is 0 Å². The molecular formula is C17H26N2O5S. The van der Waals surface area contributed by atoms with Crippen molar-refractivity contribution in [2.24, 2.45) is 5.92 Å². The highest BCUT2D eigenvalue weighted by Gasteiger charge is 2.25. The predicted molar refractivity (Wildman–Crippen MR) is 94.8 cm³/mol. The maximum Gasteiger partial charge on any atom is 0.328 e. The molecule has 0 saturated carbocycles. The number of carbonyl (C=O) groups excluding carboxylic acids is 2. The molecule has 1 amide bonds. The van der Waals surface area contributed by atoms with E-state index in [1.54, 1.807) is 13.0 Å². The molecule has 1 aromatic rings. The summed E-state index contributed by atoms with van der Waals surface area (Å²) in [6.07, 6.45) is 0.424. The first kappa shape index (κ1) is 21.1. The molecule has 1 rings (SSSR count). The molecule has 1 atom stereocenters. The van der Waals surface area contributed by atoms with Gasteiger partial charge in [0, 0.05) is 19.7 Å². The average molecular weight is 370 g/mol. The van der Waals surface area contributed by atoms with Crippen LogP contribution in [0.25, 0.3) is 0 Å². The molecule has 0 aliphatic rings. The Labute approximate surface area is 149 Å². The van der Waals surface area contributed by atoms with Crippen LogP contribution >= 0.6 is 0 Å². The van der Waals surface area contributed by atoms with Crippen LogP contribution in [0.5, 0.6) is 0 Å². The minimum absolute atomic E-state index is 0.0201. The van der Waals surface area contributed by atoms with Gasteiger partial charge < -0.3 is 10.1 Å². The van der Waals surface area contributed by atoms with Crippen LogP contribution in [0, 0.1) is 12.8 Å². The summed E-state index contributed by atoms with van der Waals surface area (Å²) in [5.74, 6) is -0.868. The Morgan fingerprint density at radius 3 is 2.32 bits per heavy atom. The van der Waals surface area contributed by atoms with E-state index in [2.05, 4.69) is 5.32 Å². The Morgan fingerprint density at radius 2 is 1.84 bits per heavy atom. The topological polar surface area (TPSA) is 92.8 Å². The third-order valence-electron chi connectivity index (χ3n) is 3.73. The summed E-state index contributed by atoms with van der Waals surface area (Å²) in [5.41, 5.74) is 0.823. The van der Waals surface area contributed by atoms with Gasteiger partial charge in [0.1, 0.15) is 6.04 Å². The summed E-state index contributed by atoms with van der Waals surface area (Å²) < 4.78 is 30.3. The fourth-order valence-corrected chi connectivity index (χ4v) is 3.21. The van der Waals surface area contributed by atoms with Crippen molar-refractivity contribution >= 4 is 21.9 Å². The molecule has 8 heteroatoms. The summed E-state index contributed by atoms with van der Waals surface area (Å²) in [5, 5.41) is 2.64. The van der Waals surface area contributed by atoms with Gasteiger partial charge in [0.05, 0.1) is 12.0 Å². The van der Waals surface area contributed by atoms with Crippen LogP contribution in [-0.4, -0.2) is 51.8 Å². The molecule has 0 saturated heterocycles. The minimum atomic E-state index is -3.66. The summed E-state index contributed by atoms with van der Waals surface area (Å²) in [7, 11) is 0.448. The van der Waals surface area contributed by atoms with Gasteiger partial charge in [0.2, 0.25) is 10.0 Å². The fourth-order valence-electron chi connectivity index (χ4n) is 2.28. The SMILES string of the molecule is COC(=O)[C@H](CC(C)C)NC(=O)c1cc(S(=O)(=O)N(C)C)ccc1C. The number of rotatable bonds is 7. The van der Waals surface area contributed by atoms with Crippen LogP contribution < -0.4 is 5.32 Å². The highest BCUT2D eigenvalue weighted by molar-refractivity contribution is 7.89. The fraction of sp³-hybridized carbons (Fsp3) is 0.529. The zero-order valence-electron chi connectivity index (χ0n) is 15.5.